The van der Waals surface area contributed by atoms with Gasteiger partial charge in [0.25, 0.3) is 5.91 Å². The molecule has 0 spiro atoms. The minimum atomic E-state index is -1.18. The Hall–Kier alpha value is -2.58. The van der Waals surface area contributed by atoms with Crippen molar-refractivity contribution in [2.45, 2.75) is 43.9 Å². The molecule has 1 saturated heterocycles. The number of thioether (sulfide) groups is 2. The Bertz CT molecular complexity index is 1200. The van der Waals surface area contributed by atoms with Crippen molar-refractivity contribution in [2.24, 2.45) is 13.0 Å². The summed E-state index contributed by atoms with van der Waals surface area (Å²) >= 11 is 8.90. The van der Waals surface area contributed by atoms with Crippen LogP contribution in [-0.4, -0.2) is 80.7 Å². The minimum absolute atomic E-state index is 0.0350. The summed E-state index contributed by atoms with van der Waals surface area (Å²) < 4.78 is 3.17. The first-order valence-corrected chi connectivity index (χ1v) is 12.8. The highest BCUT2D eigenvalue weighted by atomic mass is 35.5. The maximum absolute atomic E-state index is 12.9. The van der Waals surface area contributed by atoms with Gasteiger partial charge < -0.3 is 10.4 Å². The fraction of sp³-hybridized carbons (Fsp3) is 0.526. The molecule has 12 nitrogen and oxygen atoms in total. The van der Waals surface area contributed by atoms with Crippen molar-refractivity contribution >= 4 is 52.9 Å². The first-order valence-electron chi connectivity index (χ1n) is 10.3. The second-order valence-electron chi connectivity index (χ2n) is 8.10. The summed E-state index contributed by atoms with van der Waals surface area (Å²) in [5.41, 5.74) is 2.03. The molecule has 2 N–H and O–H groups in total. The van der Waals surface area contributed by atoms with Crippen molar-refractivity contribution in [2.75, 3.05) is 11.5 Å². The van der Waals surface area contributed by atoms with E-state index in [4.69, 9.17) is 11.6 Å². The molecule has 1 fully saturated rings. The highest BCUT2D eigenvalue weighted by Crippen LogP contribution is 2.41. The molecule has 4 rings (SSSR count). The lowest BCUT2D eigenvalue weighted by Gasteiger charge is -2.49. The van der Waals surface area contributed by atoms with Crippen molar-refractivity contribution in [1.82, 2.24) is 40.2 Å². The molecule has 0 unspecified atom stereocenters. The largest absolute Gasteiger partial charge is 0.477 e. The Morgan fingerprint density at radius 3 is 2.71 bits per heavy atom. The number of carboxylic acids is 1. The van der Waals surface area contributed by atoms with Crippen LogP contribution >= 0.6 is 35.1 Å². The van der Waals surface area contributed by atoms with E-state index in [9.17, 15) is 19.5 Å². The molecule has 0 aliphatic carbocycles. The lowest BCUT2D eigenvalue weighted by molar-refractivity contribution is -0.151. The highest BCUT2D eigenvalue weighted by Gasteiger charge is 2.54. The predicted molar refractivity (Wildman–Crippen MR) is 125 cm³/mol. The number of aliphatic carboxylic acids is 1. The molecule has 0 bridgehead atoms. The van der Waals surface area contributed by atoms with E-state index in [-0.39, 0.29) is 11.6 Å². The van der Waals surface area contributed by atoms with Crippen LogP contribution in [0.4, 0.5) is 0 Å². The van der Waals surface area contributed by atoms with Crippen LogP contribution in [0.3, 0.4) is 0 Å². The zero-order valence-corrected chi connectivity index (χ0v) is 21.2. The minimum Gasteiger partial charge on any atom is -0.477 e. The number of aromatic nitrogens is 6. The molecule has 2 amide bonds. The van der Waals surface area contributed by atoms with Gasteiger partial charge in [-0.15, -0.1) is 16.9 Å². The zero-order valence-electron chi connectivity index (χ0n) is 18.9. The normalized spacial score (nSPS) is 20.7. The molecular formula is C19H23ClN8O4S2. The molecule has 182 valence electrons. The Morgan fingerprint density at radius 1 is 1.38 bits per heavy atom. The number of fused-ring (bicyclic) bond motifs is 1. The van der Waals surface area contributed by atoms with Gasteiger partial charge in [0.15, 0.2) is 0 Å². The van der Waals surface area contributed by atoms with Gasteiger partial charge in [-0.25, -0.2) is 9.48 Å². The van der Waals surface area contributed by atoms with Gasteiger partial charge in [-0.3, -0.25) is 19.2 Å². The van der Waals surface area contributed by atoms with Crippen LogP contribution in [0.25, 0.3) is 0 Å². The lowest BCUT2D eigenvalue weighted by atomic mass is 10.0. The first-order chi connectivity index (χ1) is 16.1. The van der Waals surface area contributed by atoms with Crippen molar-refractivity contribution in [3.05, 3.63) is 27.7 Å². The van der Waals surface area contributed by atoms with E-state index in [1.54, 1.807) is 25.6 Å². The second-order valence-corrected chi connectivity index (χ2v) is 10.5. The van der Waals surface area contributed by atoms with E-state index < -0.39 is 29.2 Å². The molecular weight excluding hydrogens is 504 g/mol. The molecule has 0 aromatic carbocycles. The number of carbonyl (C=O) groups is 3. The van der Waals surface area contributed by atoms with E-state index in [0.29, 0.717) is 39.5 Å². The number of nitrogens with one attached hydrogen (secondary N) is 1. The molecule has 2 aromatic rings. The number of nitrogens with zero attached hydrogens (tertiary/aromatic N) is 7. The fourth-order valence-corrected chi connectivity index (χ4v) is 6.25. The van der Waals surface area contributed by atoms with Crippen LogP contribution < -0.4 is 5.32 Å². The Labute approximate surface area is 208 Å². The third-order valence-electron chi connectivity index (χ3n) is 5.69. The summed E-state index contributed by atoms with van der Waals surface area (Å²) in [4.78, 5) is 39.0. The lowest BCUT2D eigenvalue weighted by Crippen LogP contribution is -2.71. The Kier molecular flexibility index (Phi) is 6.92. The maximum Gasteiger partial charge on any atom is 0.352 e. The van der Waals surface area contributed by atoms with E-state index in [2.05, 4.69) is 25.9 Å². The van der Waals surface area contributed by atoms with Gasteiger partial charge >= 0.3 is 5.97 Å². The highest BCUT2D eigenvalue weighted by molar-refractivity contribution is 8.01. The number of carbonyl (C=O) groups excluding carboxylic acids is 2. The quantitative estimate of drug-likeness (QED) is 0.374. The second kappa shape index (κ2) is 9.58. The summed E-state index contributed by atoms with van der Waals surface area (Å²) in [6, 6.07) is -0.782. The number of halogens is 1. The van der Waals surface area contributed by atoms with E-state index in [1.807, 2.05) is 6.92 Å². The van der Waals surface area contributed by atoms with Crippen LogP contribution in [0, 0.1) is 19.8 Å². The van der Waals surface area contributed by atoms with Gasteiger partial charge in [0.05, 0.1) is 28.9 Å². The number of hydrogen-bond donors (Lipinski definition) is 2. The average Bonchev–Trinajstić information content (AvgIpc) is 3.32. The van der Waals surface area contributed by atoms with Gasteiger partial charge in [0, 0.05) is 18.6 Å². The van der Waals surface area contributed by atoms with Crippen molar-refractivity contribution in [3.8, 4) is 0 Å². The topological polar surface area (TPSA) is 148 Å². The molecule has 34 heavy (non-hydrogen) atoms. The van der Waals surface area contributed by atoms with Crippen LogP contribution in [-0.2, 0) is 28.0 Å². The summed E-state index contributed by atoms with van der Waals surface area (Å²) in [6.07, 6.45) is 0. The fourth-order valence-electron chi connectivity index (χ4n) is 3.78. The van der Waals surface area contributed by atoms with Gasteiger partial charge in [-0.2, -0.15) is 5.10 Å². The summed E-state index contributed by atoms with van der Waals surface area (Å²) in [5.74, 6) is -1.64. The molecule has 15 heteroatoms. The van der Waals surface area contributed by atoms with Crippen molar-refractivity contribution in [3.63, 3.8) is 0 Å². The van der Waals surface area contributed by atoms with Crippen LogP contribution in [0.2, 0.25) is 5.02 Å². The van der Waals surface area contributed by atoms with Crippen molar-refractivity contribution in [1.29, 1.82) is 0 Å². The van der Waals surface area contributed by atoms with Crippen LogP contribution in [0.1, 0.15) is 18.3 Å². The third-order valence-corrected chi connectivity index (χ3v) is 8.68. The smallest absolute Gasteiger partial charge is 0.352 e. The number of carboxylic acid groups (broad SMARTS) is 1. The third kappa shape index (κ3) is 4.41. The number of hydrogen-bond acceptors (Lipinski definition) is 9. The van der Waals surface area contributed by atoms with Crippen LogP contribution in [0.5, 0.6) is 0 Å². The number of β-lactam (4-membered cyclic amide) rings is 1. The summed E-state index contributed by atoms with van der Waals surface area (Å²) in [6.45, 7) is 5.68. The van der Waals surface area contributed by atoms with Gasteiger partial charge in [0.2, 0.25) is 11.1 Å². The van der Waals surface area contributed by atoms with E-state index >= 15 is 0 Å². The SMILES string of the molecule is Cc1nn(C[C@H](C)C(=O)N[C@@H]2C(=O)N3C(C(=O)O)=C(CSc4nnnn4C)CS[C@@H]23)c(C)c1Cl. The van der Waals surface area contributed by atoms with Gasteiger partial charge in [-0.1, -0.05) is 30.3 Å². The van der Waals surface area contributed by atoms with Crippen LogP contribution in [0.15, 0.2) is 16.4 Å². The van der Waals surface area contributed by atoms with E-state index in [1.165, 1.54) is 33.1 Å². The number of amides is 2. The number of aryl methyl sites for hydroxylation is 2. The Balaban J connectivity index is 1.42. The van der Waals surface area contributed by atoms with E-state index in [0.717, 1.165) is 5.69 Å². The van der Waals surface area contributed by atoms with Gasteiger partial charge in [-0.05, 0) is 29.8 Å². The van der Waals surface area contributed by atoms with Crippen molar-refractivity contribution < 1.29 is 19.5 Å². The first kappa shape index (κ1) is 24.5. The number of rotatable bonds is 8. The molecule has 3 atom stereocenters. The molecule has 2 aliphatic heterocycles. The average molecular weight is 527 g/mol. The Morgan fingerprint density at radius 2 is 2.12 bits per heavy atom. The predicted octanol–water partition coefficient (Wildman–Crippen LogP) is 0.844. The van der Waals surface area contributed by atoms with Gasteiger partial charge in [0.1, 0.15) is 17.1 Å². The summed E-state index contributed by atoms with van der Waals surface area (Å²) in [5, 5.41) is 28.8. The molecule has 0 saturated carbocycles. The number of tetrazole rings is 1. The zero-order chi connectivity index (χ0) is 24.7. The molecule has 0 radical (unpaired) electrons. The monoisotopic (exact) mass is 526 g/mol. The molecule has 4 heterocycles. The molecule has 2 aromatic heterocycles. The molecule has 2 aliphatic rings. The maximum atomic E-state index is 12.9. The standard InChI is InChI=1S/C19H23ClN8O4S2/c1-8(5-27-10(3)12(20)9(2)23-27)15(29)21-13-16(30)28-14(18(31)32)11(6-33-17(13)28)7-34-19-22-24-25-26(19)4/h8,13,17H,5-7H2,1-4H3,(H,21,29)(H,31,32)/t8-,13+,17-/m0/s1. The summed E-state index contributed by atoms with van der Waals surface area (Å²) in [7, 11) is 1.69.